The summed E-state index contributed by atoms with van der Waals surface area (Å²) in [6.45, 7) is 6.89. The molecule has 38 heavy (non-hydrogen) atoms. The van der Waals surface area contributed by atoms with Gasteiger partial charge in [-0.25, -0.2) is 0 Å². The maximum atomic E-state index is 13.6. The summed E-state index contributed by atoms with van der Waals surface area (Å²) in [6, 6.07) is 37.5. The Morgan fingerprint density at radius 2 is 1.50 bits per heavy atom. The summed E-state index contributed by atoms with van der Waals surface area (Å²) in [6.07, 6.45) is 2.13. The zero-order valence-corrected chi connectivity index (χ0v) is 22.2. The van der Waals surface area contributed by atoms with Gasteiger partial charge in [0.25, 0.3) is 0 Å². The number of nitrogens with zero attached hydrogens (tertiary/aromatic N) is 1. The molecule has 1 fully saturated rings. The highest BCUT2D eigenvalue weighted by molar-refractivity contribution is 5.84. The first-order chi connectivity index (χ1) is 18.5. The monoisotopic (exact) mass is 501 g/mol. The number of esters is 1. The molecule has 6 rings (SSSR count). The minimum Gasteiger partial charge on any atom is -0.426 e. The first-order valence-corrected chi connectivity index (χ1v) is 13.8. The molecule has 192 valence electrons. The van der Waals surface area contributed by atoms with Crippen LogP contribution in [0.4, 0.5) is 0 Å². The quantitative estimate of drug-likeness (QED) is 0.208. The average molecular weight is 502 g/mol. The fourth-order valence-corrected chi connectivity index (χ4v) is 6.69. The van der Waals surface area contributed by atoms with Gasteiger partial charge in [0, 0.05) is 12.6 Å². The van der Waals surface area contributed by atoms with Crippen molar-refractivity contribution in [1.29, 1.82) is 0 Å². The number of piperidine rings is 1. The van der Waals surface area contributed by atoms with Crippen molar-refractivity contribution in [3.8, 4) is 5.75 Å². The van der Waals surface area contributed by atoms with Crippen molar-refractivity contribution >= 4 is 5.97 Å². The second-order valence-corrected chi connectivity index (χ2v) is 11.2. The molecule has 2 bridgehead atoms. The van der Waals surface area contributed by atoms with Crippen molar-refractivity contribution in [1.82, 2.24) is 4.90 Å². The van der Waals surface area contributed by atoms with Gasteiger partial charge in [-0.15, -0.1) is 0 Å². The van der Waals surface area contributed by atoms with E-state index in [4.69, 9.17) is 4.74 Å². The van der Waals surface area contributed by atoms with E-state index >= 15 is 0 Å². The van der Waals surface area contributed by atoms with Gasteiger partial charge in [0.2, 0.25) is 0 Å². The Labute approximate surface area is 226 Å². The molecule has 1 aliphatic heterocycles. The van der Waals surface area contributed by atoms with Crippen molar-refractivity contribution < 1.29 is 9.53 Å². The van der Waals surface area contributed by atoms with Crippen molar-refractivity contribution in [2.45, 2.75) is 50.6 Å². The molecule has 3 heteroatoms. The second kappa shape index (κ2) is 10.2. The summed E-state index contributed by atoms with van der Waals surface area (Å²) in [5.41, 5.74) is 6.05. The Balaban J connectivity index is 1.27. The zero-order chi connectivity index (χ0) is 26.1. The lowest BCUT2D eigenvalue weighted by atomic mass is 9.59. The van der Waals surface area contributed by atoms with Crippen molar-refractivity contribution in [3.63, 3.8) is 0 Å². The summed E-state index contributed by atoms with van der Waals surface area (Å²) < 4.78 is 6.12. The van der Waals surface area contributed by atoms with Gasteiger partial charge >= 0.3 is 5.97 Å². The fourth-order valence-electron chi connectivity index (χ4n) is 6.69. The number of carbonyl (C=O) groups is 1. The zero-order valence-electron chi connectivity index (χ0n) is 22.2. The van der Waals surface area contributed by atoms with Crippen LogP contribution in [0.3, 0.4) is 0 Å². The molecule has 0 aromatic heterocycles. The third kappa shape index (κ3) is 4.56. The van der Waals surface area contributed by atoms with Crippen molar-refractivity contribution in [2.24, 2.45) is 5.92 Å². The largest absolute Gasteiger partial charge is 0.426 e. The number of rotatable bonds is 6. The van der Waals surface area contributed by atoms with Crippen LogP contribution in [0.5, 0.6) is 5.75 Å². The molecule has 3 atom stereocenters. The lowest BCUT2D eigenvalue weighted by molar-refractivity contribution is -0.135. The number of hydrogen-bond donors (Lipinski definition) is 0. The van der Waals surface area contributed by atoms with Gasteiger partial charge in [0.15, 0.2) is 0 Å². The van der Waals surface area contributed by atoms with E-state index in [1.54, 1.807) is 0 Å². The van der Waals surface area contributed by atoms with Gasteiger partial charge in [-0.05, 0) is 70.7 Å². The molecular formula is C35H35NO2. The molecule has 0 spiro atoms. The number of fused-ring (bicyclic) bond motifs is 4. The molecule has 1 heterocycles. The number of hydrogen-bond acceptors (Lipinski definition) is 3. The van der Waals surface area contributed by atoms with Crippen LogP contribution in [0.25, 0.3) is 0 Å². The molecule has 0 N–H and O–H groups in total. The molecule has 4 aromatic rings. The van der Waals surface area contributed by atoms with E-state index in [1.165, 1.54) is 16.7 Å². The fraction of sp³-hybridized carbons (Fsp3) is 0.286. The molecule has 2 aliphatic rings. The molecule has 3 unspecified atom stereocenters. The summed E-state index contributed by atoms with van der Waals surface area (Å²) in [4.78, 5) is 16.3. The van der Waals surface area contributed by atoms with Crippen LogP contribution in [0.2, 0.25) is 0 Å². The molecule has 3 nitrogen and oxygen atoms in total. The predicted molar refractivity (Wildman–Crippen MR) is 152 cm³/mol. The van der Waals surface area contributed by atoms with Crippen LogP contribution in [-0.2, 0) is 23.2 Å². The van der Waals surface area contributed by atoms with Crippen LogP contribution >= 0.6 is 0 Å². The van der Waals surface area contributed by atoms with Gasteiger partial charge in [-0.1, -0.05) is 111 Å². The topological polar surface area (TPSA) is 29.5 Å². The van der Waals surface area contributed by atoms with Crippen LogP contribution < -0.4 is 4.74 Å². The van der Waals surface area contributed by atoms with E-state index in [9.17, 15) is 4.79 Å². The van der Waals surface area contributed by atoms with Gasteiger partial charge in [-0.3, -0.25) is 9.69 Å². The van der Waals surface area contributed by atoms with Gasteiger partial charge < -0.3 is 4.74 Å². The molecule has 0 radical (unpaired) electrons. The Bertz CT molecular complexity index is 1360. The van der Waals surface area contributed by atoms with E-state index in [-0.39, 0.29) is 11.4 Å². The van der Waals surface area contributed by atoms with Crippen LogP contribution in [-0.4, -0.2) is 23.5 Å². The maximum Gasteiger partial charge on any atom is 0.323 e. The molecular weight excluding hydrogens is 466 g/mol. The van der Waals surface area contributed by atoms with E-state index in [1.807, 2.05) is 66.7 Å². The van der Waals surface area contributed by atoms with Gasteiger partial charge in [0.1, 0.15) is 11.7 Å². The Morgan fingerprint density at radius 1 is 0.895 bits per heavy atom. The molecule has 0 saturated carbocycles. The van der Waals surface area contributed by atoms with Crippen LogP contribution in [0, 0.1) is 5.92 Å². The maximum absolute atomic E-state index is 13.6. The number of carbonyl (C=O) groups excluding carboxylic acids is 1. The summed E-state index contributed by atoms with van der Waals surface area (Å²) in [5.74, 6) is 0.449. The van der Waals surface area contributed by atoms with Crippen molar-refractivity contribution in [3.05, 3.63) is 137 Å². The normalized spacial score (nSPS) is 22.6. The van der Waals surface area contributed by atoms with E-state index < -0.39 is 5.92 Å². The summed E-state index contributed by atoms with van der Waals surface area (Å²) in [7, 11) is 0. The minimum absolute atomic E-state index is 0.0616. The third-order valence-corrected chi connectivity index (χ3v) is 9.04. The summed E-state index contributed by atoms with van der Waals surface area (Å²) in [5, 5.41) is 0. The van der Waals surface area contributed by atoms with Crippen molar-refractivity contribution in [2.75, 3.05) is 6.54 Å². The smallest absolute Gasteiger partial charge is 0.323 e. The lowest BCUT2D eigenvalue weighted by Gasteiger charge is -2.54. The molecule has 1 aliphatic carbocycles. The van der Waals surface area contributed by atoms with Gasteiger partial charge in [0.05, 0.1) is 0 Å². The number of likely N-dealkylation sites (tertiary alicyclic amines) is 1. The third-order valence-electron chi connectivity index (χ3n) is 9.04. The SMILES string of the molecule is CC1C2Cc3ccc(OC(=O)C(c4ccccc4)c4ccccc4)cc3C1(C)CCN2Cc1ccccc1. The molecule has 4 aromatic carbocycles. The first kappa shape index (κ1) is 24.6. The van der Waals surface area contributed by atoms with E-state index in [0.717, 1.165) is 37.1 Å². The van der Waals surface area contributed by atoms with Crippen LogP contribution in [0.15, 0.2) is 109 Å². The lowest BCUT2D eigenvalue weighted by Crippen LogP contribution is -2.57. The average Bonchev–Trinajstić information content (AvgIpc) is 2.94. The Hall–Kier alpha value is -3.69. The molecule has 1 saturated heterocycles. The minimum atomic E-state index is -0.464. The highest BCUT2D eigenvalue weighted by Gasteiger charge is 2.48. The Kier molecular flexibility index (Phi) is 6.63. The number of ether oxygens (including phenoxy) is 1. The van der Waals surface area contributed by atoms with Crippen LogP contribution in [0.1, 0.15) is 54.0 Å². The van der Waals surface area contributed by atoms with Gasteiger partial charge in [-0.2, -0.15) is 0 Å². The first-order valence-electron chi connectivity index (χ1n) is 13.8. The standard InChI is InChI=1S/C35H35NO2/c1-25-32-22-29-18-19-30(23-31(29)35(25,2)20-21-36(32)24-26-12-6-3-7-13-26)38-34(37)33(27-14-8-4-9-15-27)28-16-10-5-11-17-28/h3-19,23,25,32-33H,20-22,24H2,1-2H3. The van der Waals surface area contributed by atoms with E-state index in [2.05, 4.69) is 61.2 Å². The second-order valence-electron chi connectivity index (χ2n) is 11.2. The van der Waals surface area contributed by atoms with E-state index in [0.29, 0.717) is 17.7 Å². The highest BCUT2D eigenvalue weighted by atomic mass is 16.5. The molecule has 0 amide bonds. The number of benzene rings is 4. The highest BCUT2D eigenvalue weighted by Crippen LogP contribution is 2.49. The summed E-state index contributed by atoms with van der Waals surface area (Å²) >= 11 is 0. The Morgan fingerprint density at radius 3 is 2.13 bits per heavy atom. The predicted octanol–water partition coefficient (Wildman–Crippen LogP) is 7.15.